The molecule has 0 atom stereocenters. The van der Waals surface area contributed by atoms with Gasteiger partial charge in [-0.3, -0.25) is 0 Å². The number of fused-ring (bicyclic) bond motifs is 2. The molecule has 0 saturated carbocycles. The second kappa shape index (κ2) is 14.9. The fraction of sp³-hybridized carbons (Fsp3) is 0.467. The monoisotopic (exact) mass is 524 g/mol. The first-order valence-electron chi connectivity index (χ1n) is 13.5. The van der Waals surface area contributed by atoms with Gasteiger partial charge in [-0.1, -0.05) is 62.1 Å². The Balaban J connectivity index is 1.78. The van der Waals surface area contributed by atoms with Crippen LogP contribution in [0.15, 0.2) is 36.4 Å². The summed E-state index contributed by atoms with van der Waals surface area (Å²) in [6.45, 7) is 10.1. The molecule has 0 saturated heterocycles. The van der Waals surface area contributed by atoms with E-state index in [1.165, 1.54) is 0 Å². The van der Waals surface area contributed by atoms with Crippen LogP contribution in [-0.4, -0.2) is 51.7 Å². The molecule has 8 heteroatoms. The Kier molecular flexibility index (Phi) is 11.3. The second-order valence-corrected chi connectivity index (χ2v) is 9.29. The summed E-state index contributed by atoms with van der Waals surface area (Å²) < 4.78 is 23.0. The van der Waals surface area contributed by atoms with Crippen molar-refractivity contribution in [1.29, 1.82) is 0 Å². The van der Waals surface area contributed by atoms with Gasteiger partial charge in [-0.05, 0) is 38.8 Å². The number of benzene rings is 3. The minimum Gasteiger partial charge on any atom is -0.489 e. The van der Waals surface area contributed by atoms with E-state index in [2.05, 4.69) is 36.6 Å². The lowest BCUT2D eigenvalue weighted by Gasteiger charge is -2.19. The SMILES string of the molecule is CCCCNC(=O)OCCOc1c2ccc(C)cc2c(OCCOC(=O)NCCCC)c2ccc(C)cc12. The summed E-state index contributed by atoms with van der Waals surface area (Å²) in [5.41, 5.74) is 2.16. The maximum absolute atomic E-state index is 11.9. The third kappa shape index (κ3) is 8.16. The van der Waals surface area contributed by atoms with Crippen LogP contribution in [0.2, 0.25) is 0 Å². The van der Waals surface area contributed by atoms with E-state index in [1.807, 2.05) is 38.1 Å². The Labute approximate surface area is 225 Å². The van der Waals surface area contributed by atoms with Gasteiger partial charge in [-0.15, -0.1) is 0 Å². The molecular weight excluding hydrogens is 484 g/mol. The molecule has 0 bridgehead atoms. The lowest BCUT2D eigenvalue weighted by molar-refractivity contribution is 0.124. The summed E-state index contributed by atoms with van der Waals surface area (Å²) in [4.78, 5) is 23.7. The molecule has 2 amide bonds. The van der Waals surface area contributed by atoms with Crippen molar-refractivity contribution in [3.63, 3.8) is 0 Å². The summed E-state index contributed by atoms with van der Waals surface area (Å²) in [5, 5.41) is 9.08. The zero-order valence-electron chi connectivity index (χ0n) is 23.0. The Morgan fingerprint density at radius 1 is 0.632 bits per heavy atom. The minimum absolute atomic E-state index is 0.133. The van der Waals surface area contributed by atoms with Crippen molar-refractivity contribution in [3.8, 4) is 11.5 Å². The Morgan fingerprint density at radius 3 is 1.45 bits per heavy atom. The second-order valence-electron chi connectivity index (χ2n) is 9.29. The first kappa shape index (κ1) is 28.9. The lowest BCUT2D eigenvalue weighted by Crippen LogP contribution is -2.26. The predicted molar refractivity (Wildman–Crippen MR) is 150 cm³/mol. The van der Waals surface area contributed by atoms with E-state index in [9.17, 15) is 9.59 Å². The Morgan fingerprint density at radius 2 is 1.05 bits per heavy atom. The quantitative estimate of drug-likeness (QED) is 0.187. The van der Waals surface area contributed by atoms with Crippen molar-refractivity contribution in [2.45, 2.75) is 53.4 Å². The van der Waals surface area contributed by atoms with Crippen molar-refractivity contribution in [2.24, 2.45) is 0 Å². The molecule has 0 aliphatic carbocycles. The van der Waals surface area contributed by atoms with Gasteiger partial charge in [0.1, 0.15) is 37.9 Å². The number of rotatable bonds is 14. The molecule has 38 heavy (non-hydrogen) atoms. The molecule has 2 N–H and O–H groups in total. The summed E-state index contributed by atoms with van der Waals surface area (Å²) >= 11 is 0. The van der Waals surface area contributed by atoms with Gasteiger partial charge in [-0.2, -0.15) is 0 Å². The maximum atomic E-state index is 11.9. The van der Waals surface area contributed by atoms with Gasteiger partial charge in [0, 0.05) is 34.6 Å². The van der Waals surface area contributed by atoms with Crippen LogP contribution in [0.3, 0.4) is 0 Å². The van der Waals surface area contributed by atoms with Crippen LogP contribution in [0.5, 0.6) is 11.5 Å². The number of carbonyl (C=O) groups is 2. The third-order valence-corrected chi connectivity index (χ3v) is 6.05. The molecule has 3 rings (SSSR count). The van der Waals surface area contributed by atoms with Gasteiger partial charge >= 0.3 is 12.2 Å². The van der Waals surface area contributed by atoms with Crippen molar-refractivity contribution >= 4 is 33.7 Å². The summed E-state index contributed by atoms with van der Waals surface area (Å²) in [7, 11) is 0. The number of nitrogens with one attached hydrogen (secondary N) is 2. The number of ether oxygens (including phenoxy) is 4. The molecule has 8 nitrogen and oxygen atoms in total. The molecule has 0 radical (unpaired) electrons. The highest BCUT2D eigenvalue weighted by molar-refractivity contribution is 6.11. The maximum Gasteiger partial charge on any atom is 0.407 e. The number of aryl methyl sites for hydroxylation is 2. The topological polar surface area (TPSA) is 95.1 Å². The van der Waals surface area contributed by atoms with Crippen LogP contribution < -0.4 is 20.1 Å². The van der Waals surface area contributed by atoms with E-state index >= 15 is 0 Å². The van der Waals surface area contributed by atoms with E-state index in [0.717, 1.165) is 58.4 Å². The molecule has 0 fully saturated rings. The normalized spacial score (nSPS) is 10.8. The molecule has 3 aromatic rings. The first-order valence-corrected chi connectivity index (χ1v) is 13.5. The summed E-state index contributed by atoms with van der Waals surface area (Å²) in [6.07, 6.45) is 2.96. The standard InChI is InChI=1S/C30H40N2O6/c1-5-7-13-31-29(33)37-17-15-35-27-23-11-9-22(4)20-26(23)28(24-12-10-21(3)19-25(24)27)36-16-18-38-30(34)32-14-8-6-2/h9-12,19-20H,5-8,13-18H2,1-4H3,(H,31,33)(H,32,34). The molecule has 0 heterocycles. The van der Waals surface area contributed by atoms with Gasteiger partial charge < -0.3 is 29.6 Å². The van der Waals surface area contributed by atoms with Crippen molar-refractivity contribution in [3.05, 3.63) is 47.5 Å². The van der Waals surface area contributed by atoms with Gasteiger partial charge in [0.15, 0.2) is 0 Å². The number of carbonyl (C=O) groups excluding carboxylic acids is 2. The highest BCUT2D eigenvalue weighted by Crippen LogP contribution is 2.43. The molecule has 0 unspecified atom stereocenters. The molecule has 0 aromatic heterocycles. The van der Waals surface area contributed by atoms with Gasteiger partial charge in [0.25, 0.3) is 0 Å². The number of amides is 2. The molecule has 0 aliphatic heterocycles. The number of hydrogen-bond donors (Lipinski definition) is 2. The zero-order chi connectivity index (χ0) is 27.3. The molecule has 0 spiro atoms. The van der Waals surface area contributed by atoms with E-state index in [-0.39, 0.29) is 26.4 Å². The highest BCUT2D eigenvalue weighted by Gasteiger charge is 2.17. The molecule has 0 aliphatic rings. The minimum atomic E-state index is -0.437. The van der Waals surface area contributed by atoms with Gasteiger partial charge in [0.2, 0.25) is 0 Å². The average molecular weight is 525 g/mol. The van der Waals surface area contributed by atoms with Crippen LogP contribution in [0, 0.1) is 13.8 Å². The summed E-state index contributed by atoms with van der Waals surface area (Å²) in [5.74, 6) is 1.43. The largest absolute Gasteiger partial charge is 0.489 e. The van der Waals surface area contributed by atoms with E-state index < -0.39 is 12.2 Å². The van der Waals surface area contributed by atoms with Crippen LogP contribution in [0.1, 0.15) is 50.7 Å². The smallest absolute Gasteiger partial charge is 0.407 e. The lowest BCUT2D eigenvalue weighted by atomic mass is 9.98. The first-order chi connectivity index (χ1) is 18.4. The Hall–Kier alpha value is -3.68. The number of hydrogen-bond acceptors (Lipinski definition) is 6. The zero-order valence-corrected chi connectivity index (χ0v) is 23.0. The van der Waals surface area contributed by atoms with Crippen LogP contribution in [0.25, 0.3) is 21.5 Å². The van der Waals surface area contributed by atoms with Gasteiger partial charge in [-0.25, -0.2) is 9.59 Å². The van der Waals surface area contributed by atoms with Crippen LogP contribution in [-0.2, 0) is 9.47 Å². The van der Waals surface area contributed by atoms with E-state index in [0.29, 0.717) is 24.6 Å². The predicted octanol–water partition coefficient (Wildman–Crippen LogP) is 6.42. The van der Waals surface area contributed by atoms with Crippen LogP contribution >= 0.6 is 0 Å². The van der Waals surface area contributed by atoms with Crippen molar-refractivity contribution < 1.29 is 28.5 Å². The number of unbranched alkanes of at least 4 members (excludes halogenated alkanes) is 2. The highest BCUT2D eigenvalue weighted by atomic mass is 16.6. The van der Waals surface area contributed by atoms with Crippen LogP contribution in [0.4, 0.5) is 9.59 Å². The third-order valence-electron chi connectivity index (χ3n) is 6.05. The fourth-order valence-electron chi connectivity index (χ4n) is 4.08. The molecule has 206 valence electrons. The van der Waals surface area contributed by atoms with E-state index in [1.54, 1.807) is 0 Å². The average Bonchev–Trinajstić information content (AvgIpc) is 2.90. The summed E-state index contributed by atoms with van der Waals surface area (Å²) in [6, 6.07) is 12.2. The van der Waals surface area contributed by atoms with E-state index in [4.69, 9.17) is 18.9 Å². The van der Waals surface area contributed by atoms with Gasteiger partial charge in [0.05, 0.1) is 0 Å². The number of alkyl carbamates (subject to hydrolysis) is 2. The Bertz CT molecular complexity index is 1130. The van der Waals surface area contributed by atoms with Crippen molar-refractivity contribution in [1.82, 2.24) is 10.6 Å². The fourth-order valence-corrected chi connectivity index (χ4v) is 4.08. The molecular formula is C30H40N2O6. The molecule has 3 aromatic carbocycles. The van der Waals surface area contributed by atoms with Crippen molar-refractivity contribution in [2.75, 3.05) is 39.5 Å².